The highest BCUT2D eigenvalue weighted by Crippen LogP contribution is 2.62. The minimum Gasteiger partial charge on any atom is -0.477 e. The van der Waals surface area contributed by atoms with E-state index in [1.165, 1.54) is 56.5 Å². The molecule has 7 aliphatic heterocycles. The standard InChI is InChI=1S/C52H72N8O16S4/c1-55-37(23-65)75-41-45(74-36(22-64)40(66)52(41,70)71)76-46-51-8-2-13-77-80-50(17-30-16-49(59-48(54)57-30)9-7-29(51)15-49)10-6-26-14-28-18-60(19-31(43(67)68)39(28)58-47(53)56-11-3-12-61)34(21-63)42(50)79-78-25-33-27(20-62)4-5-35(33)73-44(69)32(24-72-46)38(26)51/h2,8,14,19,24,27,29-30,33-38,40-42,45-46,55,61-66,70-71H,3-5,7,9,11-13,15-18,20-23,25H2,1H3,(H,67,68)(H3,53,56,58)(H3,54,57,59)/p+1/b8-2+,26-14+/t27-,29+,30+,33+,34+,35-,36+,37+,38+,40+,41-,42-,45-,46-,49+,50+,51-/m0/s1. The Bertz CT molecular complexity index is 2650. The normalized spacial score (nSPS) is 41.6. The second kappa shape index (κ2) is 24.6. The lowest BCUT2D eigenvalue weighted by Crippen LogP contribution is -3.14. The number of quaternary nitrogens is 1. The number of carbonyl (C=O) groups is 2. The fourth-order valence-corrected chi connectivity index (χ4v) is 20.7. The van der Waals surface area contributed by atoms with Gasteiger partial charge in [0.1, 0.15) is 53.6 Å². The maximum Gasteiger partial charge on any atom is 0.343 e. The molecule has 1 unspecified atom stereocenters. The maximum atomic E-state index is 15.8. The molecule has 3 aliphatic carbocycles. The summed E-state index contributed by atoms with van der Waals surface area (Å²) in [5.74, 6) is 0.788. The van der Waals surface area contributed by atoms with Gasteiger partial charge in [0.25, 0.3) is 0 Å². The summed E-state index contributed by atoms with van der Waals surface area (Å²) < 4.78 is 31.7. The average Bonchev–Trinajstić information content (AvgIpc) is 4.14. The van der Waals surface area contributed by atoms with E-state index in [1.807, 2.05) is 12.2 Å². The SMILES string of the molecule is CN[C@@H](CO)O[C@H]1[C@H](O[C@@H]2OC=C3C(=O)O[C@H]4CC[C@@H](CO)[C@H]4CSS[C@H]4[C@@H](CO)[NH+]5C=C(C(=O)O)C(NC(N)=NCCCO)=C(/C=C6\C#C[C@@]47C[C@H]4C[C@]8(CC[C@H](C8)[C@@]2(/C=C/CSS7)[C@@H]36)NC(N)=N4)C5)O[C@H](CO)[C@@H](O)C1(O)O. The van der Waals surface area contributed by atoms with Gasteiger partial charge in [-0.3, -0.25) is 15.2 Å². The molecule has 10 aliphatic rings. The van der Waals surface area contributed by atoms with E-state index in [9.17, 15) is 50.8 Å². The number of aliphatic carboxylic acids is 1. The highest BCUT2D eigenvalue weighted by atomic mass is 33.1. The van der Waals surface area contributed by atoms with Crippen LogP contribution in [0.3, 0.4) is 0 Å². The molecule has 24 nitrogen and oxygen atoms in total. The fraction of sp³-hybridized carbons (Fsp3) is 0.692. The van der Waals surface area contributed by atoms with Crippen molar-refractivity contribution >= 4 is 67.0 Å². The number of aliphatic hydroxyl groups excluding tert-OH is 6. The van der Waals surface area contributed by atoms with Crippen molar-refractivity contribution in [2.24, 2.45) is 50.5 Å². The molecule has 10 bridgehead atoms. The van der Waals surface area contributed by atoms with Gasteiger partial charge in [0.15, 0.2) is 24.3 Å². The first-order valence-corrected chi connectivity index (χ1v) is 31.8. The monoisotopic (exact) mass is 1190 g/mol. The summed E-state index contributed by atoms with van der Waals surface area (Å²) >= 11 is 0. The number of hydrogen-bond donors (Lipinski definition) is 15. The Morgan fingerprint density at radius 3 is 2.67 bits per heavy atom. The Kier molecular flexibility index (Phi) is 18.3. The minimum absolute atomic E-state index is 0.0188. The second-order valence-corrected chi connectivity index (χ2v) is 27.4. The van der Waals surface area contributed by atoms with Crippen LogP contribution in [0.1, 0.15) is 51.4 Å². The smallest absolute Gasteiger partial charge is 0.343 e. The molecule has 1 saturated heterocycles. The summed E-state index contributed by atoms with van der Waals surface area (Å²) in [5.41, 5.74) is 11.6. The first-order valence-electron chi connectivity index (χ1n) is 27.1. The van der Waals surface area contributed by atoms with Gasteiger partial charge in [-0.05, 0) is 76.3 Å². The van der Waals surface area contributed by atoms with Crippen molar-refractivity contribution in [2.45, 2.75) is 128 Å². The van der Waals surface area contributed by atoms with Gasteiger partial charge in [-0.15, -0.1) is 0 Å². The van der Waals surface area contributed by atoms with Crippen LogP contribution in [0.25, 0.3) is 0 Å². The van der Waals surface area contributed by atoms with E-state index in [2.05, 4.69) is 32.8 Å². The number of ether oxygens (including phenoxy) is 5. The quantitative estimate of drug-likeness (QED) is 0.0122. The summed E-state index contributed by atoms with van der Waals surface area (Å²) in [5, 5.41) is 108. The molecule has 7 heterocycles. The van der Waals surface area contributed by atoms with Crippen LogP contribution in [0.5, 0.6) is 0 Å². The Hall–Kier alpha value is -3.58. The number of carboxylic acid groups (broad SMARTS) is 1. The van der Waals surface area contributed by atoms with Crippen LogP contribution in [0.2, 0.25) is 0 Å². The number of fused-ring (bicyclic) bond motifs is 5. The number of likely N-dealkylation sites (N-methyl/N-ethyl adjacent to an activating group) is 1. The zero-order valence-electron chi connectivity index (χ0n) is 44.1. The maximum absolute atomic E-state index is 15.8. The van der Waals surface area contributed by atoms with Gasteiger partial charge in [0.2, 0.25) is 12.1 Å². The number of aliphatic imine (C=N–C) groups is 2. The molecule has 0 aromatic carbocycles. The van der Waals surface area contributed by atoms with E-state index in [0.29, 0.717) is 72.5 Å². The molecule has 1 spiro atoms. The number of hydrogen-bond acceptors (Lipinski definition) is 24. The number of carboxylic acids is 1. The first kappa shape index (κ1) is 59.6. The summed E-state index contributed by atoms with van der Waals surface area (Å²) in [6.45, 7) is -2.11. The third-order valence-corrected chi connectivity index (χ3v) is 23.6. The van der Waals surface area contributed by atoms with Crippen LogP contribution in [-0.2, 0) is 33.3 Å². The fourth-order valence-electron chi connectivity index (χ4n) is 13.7. The molecule has 0 aromatic heterocycles. The summed E-state index contributed by atoms with van der Waals surface area (Å²) in [6.07, 6.45) is 0.811. The highest BCUT2D eigenvalue weighted by Gasteiger charge is 2.65. The van der Waals surface area contributed by atoms with Gasteiger partial charge in [-0.1, -0.05) is 67.2 Å². The van der Waals surface area contributed by atoms with Gasteiger partial charge in [0.05, 0.1) is 54.1 Å². The van der Waals surface area contributed by atoms with Crippen molar-refractivity contribution in [3.8, 4) is 11.8 Å². The van der Waals surface area contributed by atoms with Crippen molar-refractivity contribution in [1.29, 1.82) is 0 Å². The zero-order chi connectivity index (χ0) is 56.7. The van der Waals surface area contributed by atoms with Crippen LogP contribution in [-0.4, -0.2) is 211 Å². The number of nitrogens with two attached hydrogens (primary N) is 2. The van der Waals surface area contributed by atoms with Crippen LogP contribution >= 0.6 is 43.2 Å². The summed E-state index contributed by atoms with van der Waals surface area (Å²) in [7, 11) is 7.58. The molecule has 0 aromatic rings. The van der Waals surface area contributed by atoms with Crippen LogP contribution < -0.4 is 32.3 Å². The van der Waals surface area contributed by atoms with Crippen LogP contribution in [0.4, 0.5) is 0 Å². The van der Waals surface area contributed by atoms with E-state index in [0.717, 1.165) is 0 Å². The van der Waals surface area contributed by atoms with Crippen molar-refractivity contribution in [1.82, 2.24) is 16.0 Å². The molecule has 80 heavy (non-hydrogen) atoms. The molecular formula is C52H73N8O16S4+. The Morgan fingerprint density at radius 2 is 1.94 bits per heavy atom. The molecule has 0 radical (unpaired) electrons. The zero-order valence-corrected chi connectivity index (χ0v) is 47.3. The topological polar surface area (TPSA) is 380 Å². The number of rotatable bonds is 14. The molecule has 0 amide bonds. The van der Waals surface area contributed by atoms with Gasteiger partial charge >= 0.3 is 11.9 Å². The molecule has 18 atom stereocenters. The lowest BCUT2D eigenvalue weighted by molar-refractivity contribution is -0.870. The molecule has 440 valence electrons. The Balaban J connectivity index is 1.30. The third-order valence-electron chi connectivity index (χ3n) is 17.5. The molecule has 2 saturated carbocycles. The van der Waals surface area contributed by atoms with Gasteiger partial charge < -0.3 is 91.7 Å². The van der Waals surface area contributed by atoms with Gasteiger partial charge in [-0.25, -0.2) is 14.6 Å². The summed E-state index contributed by atoms with van der Waals surface area (Å²) in [6, 6.07) is -1.14. The third kappa shape index (κ3) is 11.2. The predicted octanol–water partition coefficient (Wildman–Crippen LogP) is -2.76. The number of nitrogens with one attached hydrogen (secondary N) is 4. The molecule has 28 heteroatoms. The van der Waals surface area contributed by atoms with Crippen molar-refractivity contribution in [2.75, 3.05) is 64.7 Å². The highest BCUT2D eigenvalue weighted by molar-refractivity contribution is 8.79. The van der Waals surface area contributed by atoms with Gasteiger partial charge in [-0.2, -0.15) is 0 Å². The predicted molar refractivity (Wildman–Crippen MR) is 297 cm³/mol. The lowest BCUT2D eigenvalue weighted by atomic mass is 9.58. The molecule has 17 N–H and O–H groups in total. The number of allylic oxidation sites excluding steroid dienone is 1. The van der Waals surface area contributed by atoms with E-state index >= 15 is 4.79 Å². The molecule has 10 rings (SSSR count). The Morgan fingerprint density at radius 1 is 1.11 bits per heavy atom. The van der Waals surface area contributed by atoms with E-state index < -0.39 is 126 Å². The van der Waals surface area contributed by atoms with Crippen LogP contribution in [0.15, 0.2) is 68.7 Å². The number of aliphatic hydroxyl groups is 8. The summed E-state index contributed by atoms with van der Waals surface area (Å²) in [4.78, 5) is 39.6. The largest absolute Gasteiger partial charge is 0.477 e. The van der Waals surface area contributed by atoms with Crippen molar-refractivity contribution in [3.63, 3.8) is 0 Å². The van der Waals surface area contributed by atoms with Crippen molar-refractivity contribution < 1.29 is 84.1 Å². The average molecular weight is 1190 g/mol. The lowest BCUT2D eigenvalue weighted by Gasteiger charge is -2.53. The molecule has 3 fully saturated rings. The van der Waals surface area contributed by atoms with Crippen molar-refractivity contribution in [3.05, 3.63) is 58.7 Å². The van der Waals surface area contributed by atoms with Gasteiger partial charge in [0, 0.05) is 59.8 Å². The second-order valence-electron chi connectivity index (χ2n) is 22.2. The number of esters is 1. The molecular weight excluding hydrogens is 1120 g/mol. The van der Waals surface area contributed by atoms with E-state index in [1.54, 1.807) is 12.3 Å². The number of guanidine groups is 2. The minimum atomic E-state index is -3.18. The number of nitrogens with zero attached hydrogens (tertiary/aromatic N) is 2. The van der Waals surface area contributed by atoms with E-state index in [-0.39, 0.29) is 73.3 Å². The first-order chi connectivity index (χ1) is 38.5. The van der Waals surface area contributed by atoms with Crippen LogP contribution in [0, 0.1) is 40.9 Å². The van der Waals surface area contributed by atoms with E-state index in [4.69, 9.17) is 40.1 Å². The number of carbonyl (C=O) groups excluding carboxylic acids is 1. The Labute approximate surface area is 478 Å².